The molecule has 1 heterocycles. The van der Waals surface area contributed by atoms with E-state index in [2.05, 4.69) is 11.4 Å². The van der Waals surface area contributed by atoms with Crippen molar-refractivity contribution in [1.82, 2.24) is 9.88 Å². The molecule has 114 valence electrons. The van der Waals surface area contributed by atoms with E-state index in [0.29, 0.717) is 29.5 Å². The maximum atomic E-state index is 12.4. The maximum Gasteiger partial charge on any atom is 0.269 e. The molecule has 0 aliphatic heterocycles. The van der Waals surface area contributed by atoms with Crippen LogP contribution in [0.3, 0.4) is 0 Å². The van der Waals surface area contributed by atoms with Gasteiger partial charge in [-0.2, -0.15) is 5.26 Å². The van der Waals surface area contributed by atoms with E-state index in [9.17, 15) is 10.1 Å². The van der Waals surface area contributed by atoms with Gasteiger partial charge in [-0.3, -0.25) is 4.79 Å². The summed E-state index contributed by atoms with van der Waals surface area (Å²) in [7, 11) is 1.59. The number of hydrogen-bond donors (Lipinski definition) is 1. The lowest BCUT2D eigenvalue weighted by Crippen LogP contribution is -2.29. The van der Waals surface area contributed by atoms with E-state index in [-0.39, 0.29) is 5.91 Å². The van der Waals surface area contributed by atoms with Gasteiger partial charge in [-0.05, 0) is 24.1 Å². The van der Waals surface area contributed by atoms with Crippen LogP contribution in [0, 0.1) is 17.2 Å². The van der Waals surface area contributed by atoms with E-state index < -0.39 is 0 Å². The van der Waals surface area contributed by atoms with Gasteiger partial charge in [0.15, 0.2) is 0 Å². The average Bonchev–Trinajstić information content (AvgIpc) is 2.96. The zero-order valence-corrected chi connectivity index (χ0v) is 13.0. The molecule has 0 spiro atoms. The first-order valence-electron chi connectivity index (χ1n) is 7.11. The largest absolute Gasteiger partial charge is 0.497 e. The Morgan fingerprint density at radius 2 is 2.18 bits per heavy atom. The number of benzene rings is 1. The van der Waals surface area contributed by atoms with Crippen LogP contribution in [0.2, 0.25) is 0 Å². The smallest absolute Gasteiger partial charge is 0.269 e. The highest BCUT2D eigenvalue weighted by Crippen LogP contribution is 2.21. The zero-order valence-electron chi connectivity index (χ0n) is 13.0. The van der Waals surface area contributed by atoms with Gasteiger partial charge >= 0.3 is 0 Å². The van der Waals surface area contributed by atoms with E-state index in [1.165, 1.54) is 0 Å². The summed E-state index contributed by atoms with van der Waals surface area (Å²) in [5.74, 6) is 0.783. The summed E-state index contributed by atoms with van der Waals surface area (Å²) >= 11 is 0. The SMILES string of the molecule is COc1cccc(-n2ccc(C#N)c2C(=O)NCC(C)C)c1. The standard InChI is InChI=1S/C17H19N3O2/c1-12(2)11-19-17(21)16-13(10-18)7-8-20(16)14-5-4-6-15(9-14)22-3/h4-9,12H,11H2,1-3H3,(H,19,21). The Morgan fingerprint density at radius 3 is 2.82 bits per heavy atom. The second kappa shape index (κ2) is 6.81. The molecule has 2 rings (SSSR count). The van der Waals surface area contributed by atoms with Crippen molar-refractivity contribution in [3.8, 4) is 17.5 Å². The van der Waals surface area contributed by atoms with Crippen molar-refractivity contribution in [1.29, 1.82) is 5.26 Å². The molecule has 1 aromatic heterocycles. The summed E-state index contributed by atoms with van der Waals surface area (Å²) in [4.78, 5) is 12.4. The third-order valence-electron chi connectivity index (χ3n) is 3.22. The first kappa shape index (κ1) is 15.6. The van der Waals surface area contributed by atoms with Crippen LogP contribution in [-0.2, 0) is 0 Å². The first-order chi connectivity index (χ1) is 10.6. The Labute approximate surface area is 130 Å². The molecule has 0 fully saturated rings. The van der Waals surface area contributed by atoms with Crippen LogP contribution < -0.4 is 10.1 Å². The quantitative estimate of drug-likeness (QED) is 0.922. The van der Waals surface area contributed by atoms with Crippen molar-refractivity contribution in [2.24, 2.45) is 5.92 Å². The number of methoxy groups -OCH3 is 1. The lowest BCUT2D eigenvalue weighted by molar-refractivity contribution is 0.0942. The number of carbonyl (C=O) groups excluding carboxylic acids is 1. The van der Waals surface area contributed by atoms with Crippen molar-refractivity contribution in [2.45, 2.75) is 13.8 Å². The van der Waals surface area contributed by atoms with Gasteiger partial charge in [0.05, 0.1) is 12.7 Å². The van der Waals surface area contributed by atoms with Gasteiger partial charge in [-0.1, -0.05) is 19.9 Å². The summed E-state index contributed by atoms with van der Waals surface area (Å²) in [6.07, 6.45) is 1.72. The molecule has 22 heavy (non-hydrogen) atoms. The molecule has 0 saturated carbocycles. The topological polar surface area (TPSA) is 67.0 Å². The number of ether oxygens (including phenoxy) is 1. The molecule has 5 nitrogen and oxygen atoms in total. The first-order valence-corrected chi connectivity index (χ1v) is 7.11. The van der Waals surface area contributed by atoms with E-state index >= 15 is 0 Å². The molecule has 0 bridgehead atoms. The Balaban J connectivity index is 2.42. The van der Waals surface area contributed by atoms with Crippen LogP contribution in [0.5, 0.6) is 5.75 Å². The maximum absolute atomic E-state index is 12.4. The normalized spacial score (nSPS) is 10.3. The Hall–Kier alpha value is -2.74. The molecule has 0 aliphatic rings. The molecule has 1 aromatic carbocycles. The second-order valence-corrected chi connectivity index (χ2v) is 5.37. The van der Waals surface area contributed by atoms with Crippen molar-refractivity contribution < 1.29 is 9.53 Å². The number of hydrogen-bond acceptors (Lipinski definition) is 3. The summed E-state index contributed by atoms with van der Waals surface area (Å²) in [5, 5.41) is 12.1. The molecule has 0 aliphatic carbocycles. The summed E-state index contributed by atoms with van der Waals surface area (Å²) in [6.45, 7) is 4.60. The van der Waals surface area contributed by atoms with Crippen LogP contribution in [0.1, 0.15) is 29.9 Å². The average molecular weight is 297 g/mol. The monoisotopic (exact) mass is 297 g/mol. The number of amides is 1. The molecule has 2 aromatic rings. The third-order valence-corrected chi connectivity index (χ3v) is 3.22. The summed E-state index contributed by atoms with van der Waals surface area (Å²) in [5.41, 5.74) is 1.47. The van der Waals surface area contributed by atoms with Gasteiger partial charge in [-0.25, -0.2) is 0 Å². The van der Waals surface area contributed by atoms with Crippen molar-refractivity contribution in [3.63, 3.8) is 0 Å². The Morgan fingerprint density at radius 1 is 1.41 bits per heavy atom. The highest BCUT2D eigenvalue weighted by molar-refractivity contribution is 5.95. The summed E-state index contributed by atoms with van der Waals surface area (Å²) < 4.78 is 6.91. The highest BCUT2D eigenvalue weighted by atomic mass is 16.5. The fourth-order valence-electron chi connectivity index (χ4n) is 2.11. The van der Waals surface area contributed by atoms with Crippen LogP contribution in [0.4, 0.5) is 0 Å². The van der Waals surface area contributed by atoms with Gasteiger partial charge in [0.1, 0.15) is 17.5 Å². The number of carbonyl (C=O) groups is 1. The molecular weight excluding hydrogens is 278 g/mol. The molecule has 1 N–H and O–H groups in total. The van der Waals surface area contributed by atoms with Gasteiger partial charge in [0, 0.05) is 24.5 Å². The van der Waals surface area contributed by atoms with Crippen LogP contribution in [0.15, 0.2) is 36.5 Å². The minimum atomic E-state index is -0.252. The van der Waals surface area contributed by atoms with Crippen LogP contribution in [-0.4, -0.2) is 24.1 Å². The lowest BCUT2D eigenvalue weighted by atomic mass is 10.2. The second-order valence-electron chi connectivity index (χ2n) is 5.37. The van der Waals surface area contributed by atoms with Gasteiger partial charge in [-0.15, -0.1) is 0 Å². The van der Waals surface area contributed by atoms with Crippen molar-refractivity contribution >= 4 is 5.91 Å². The molecule has 0 unspecified atom stereocenters. The molecule has 0 atom stereocenters. The van der Waals surface area contributed by atoms with Crippen LogP contribution >= 0.6 is 0 Å². The van der Waals surface area contributed by atoms with Gasteiger partial charge in [0.25, 0.3) is 5.91 Å². The van der Waals surface area contributed by atoms with E-state index in [0.717, 1.165) is 5.69 Å². The van der Waals surface area contributed by atoms with Crippen LogP contribution in [0.25, 0.3) is 5.69 Å². The minimum Gasteiger partial charge on any atom is -0.497 e. The van der Waals surface area contributed by atoms with Crippen molar-refractivity contribution in [2.75, 3.05) is 13.7 Å². The fourth-order valence-corrected chi connectivity index (χ4v) is 2.11. The Bertz CT molecular complexity index is 711. The fraction of sp³-hybridized carbons (Fsp3) is 0.294. The van der Waals surface area contributed by atoms with Gasteiger partial charge < -0.3 is 14.6 Å². The Kier molecular flexibility index (Phi) is 4.84. The number of aromatic nitrogens is 1. The van der Waals surface area contributed by atoms with E-state index in [1.807, 2.05) is 38.1 Å². The molecule has 5 heteroatoms. The predicted molar refractivity (Wildman–Crippen MR) is 84.2 cm³/mol. The third kappa shape index (κ3) is 3.29. The number of rotatable bonds is 5. The number of nitriles is 1. The van der Waals surface area contributed by atoms with E-state index in [1.54, 1.807) is 23.9 Å². The summed E-state index contributed by atoms with van der Waals surface area (Å²) in [6, 6.07) is 11.1. The highest BCUT2D eigenvalue weighted by Gasteiger charge is 2.18. The molecule has 0 radical (unpaired) electrons. The van der Waals surface area contributed by atoms with E-state index in [4.69, 9.17) is 4.74 Å². The number of nitrogens with one attached hydrogen (secondary N) is 1. The van der Waals surface area contributed by atoms with Gasteiger partial charge in [0.2, 0.25) is 0 Å². The minimum absolute atomic E-state index is 0.252. The lowest BCUT2D eigenvalue weighted by Gasteiger charge is -2.12. The molecule has 0 saturated heterocycles. The van der Waals surface area contributed by atoms with Crippen molar-refractivity contribution in [3.05, 3.63) is 47.8 Å². The molecule has 1 amide bonds. The molecular formula is C17H19N3O2. The zero-order chi connectivity index (χ0) is 16.1. The number of nitrogens with zero attached hydrogens (tertiary/aromatic N) is 2. The predicted octanol–water partition coefficient (Wildman–Crippen LogP) is 2.74.